The van der Waals surface area contributed by atoms with Crippen molar-refractivity contribution in [1.82, 2.24) is 19.7 Å². The number of aryl methyl sites for hydroxylation is 1. The molecule has 0 amide bonds. The van der Waals surface area contributed by atoms with Gasteiger partial charge in [0.05, 0.1) is 11.6 Å². The SMILES string of the molecule is Cn1ncc2c(NCC3CC(F)C3)nc(NC[C@H](N)c3ccccc3)nc21. The molecule has 7 nitrogen and oxygen atoms in total. The van der Waals surface area contributed by atoms with Crippen molar-refractivity contribution in [2.45, 2.75) is 25.1 Å². The summed E-state index contributed by atoms with van der Waals surface area (Å²) in [5.74, 6) is 1.56. The van der Waals surface area contributed by atoms with Gasteiger partial charge in [-0.2, -0.15) is 15.1 Å². The van der Waals surface area contributed by atoms with Crippen molar-refractivity contribution in [3.63, 3.8) is 0 Å². The van der Waals surface area contributed by atoms with Gasteiger partial charge in [-0.3, -0.25) is 4.68 Å². The number of nitrogens with two attached hydrogens (primary N) is 1. The van der Waals surface area contributed by atoms with Gasteiger partial charge in [-0.1, -0.05) is 30.3 Å². The molecule has 142 valence electrons. The number of aromatic nitrogens is 4. The minimum Gasteiger partial charge on any atom is -0.369 e. The predicted octanol–water partition coefficient (Wildman–Crippen LogP) is 2.64. The van der Waals surface area contributed by atoms with Gasteiger partial charge in [-0.15, -0.1) is 0 Å². The molecular formula is C19H24FN7. The molecule has 1 atom stereocenters. The third-order valence-corrected chi connectivity index (χ3v) is 5.04. The Balaban J connectivity index is 1.49. The standard InChI is InChI=1S/C19H24FN7/c1-27-18-15(10-24-27)17(22-9-12-7-14(20)8-12)25-19(26-18)23-11-16(21)13-5-3-2-4-6-13/h2-6,10,12,14,16H,7-9,11,21H2,1H3,(H2,22,23,25,26)/t12?,14?,16-/m0/s1. The van der Waals surface area contributed by atoms with Crippen molar-refractivity contribution in [2.24, 2.45) is 18.7 Å². The van der Waals surface area contributed by atoms with E-state index in [0.29, 0.717) is 43.6 Å². The minimum absolute atomic E-state index is 0.162. The van der Waals surface area contributed by atoms with Gasteiger partial charge in [0.2, 0.25) is 5.95 Å². The Bertz CT molecular complexity index is 905. The van der Waals surface area contributed by atoms with Gasteiger partial charge < -0.3 is 16.4 Å². The molecule has 0 unspecified atom stereocenters. The summed E-state index contributed by atoms with van der Waals surface area (Å²) in [6.07, 6.45) is 2.32. The molecular weight excluding hydrogens is 345 g/mol. The van der Waals surface area contributed by atoms with E-state index in [9.17, 15) is 4.39 Å². The molecule has 0 bridgehead atoms. The summed E-state index contributed by atoms with van der Waals surface area (Å²) < 4.78 is 14.8. The van der Waals surface area contributed by atoms with Gasteiger partial charge >= 0.3 is 0 Å². The highest BCUT2D eigenvalue weighted by Gasteiger charge is 2.28. The average molecular weight is 369 g/mol. The number of alkyl halides is 1. The summed E-state index contributed by atoms with van der Waals surface area (Å²) in [6, 6.07) is 9.75. The van der Waals surface area contributed by atoms with E-state index < -0.39 is 6.17 Å². The van der Waals surface area contributed by atoms with Gasteiger partial charge in [0, 0.05) is 26.2 Å². The molecule has 27 heavy (non-hydrogen) atoms. The fourth-order valence-corrected chi connectivity index (χ4v) is 3.32. The third-order valence-electron chi connectivity index (χ3n) is 5.04. The molecule has 3 aromatic rings. The first-order valence-corrected chi connectivity index (χ1v) is 9.22. The fourth-order valence-electron chi connectivity index (χ4n) is 3.32. The van der Waals surface area contributed by atoms with Crippen LogP contribution >= 0.6 is 0 Å². The van der Waals surface area contributed by atoms with Gasteiger partial charge in [0.15, 0.2) is 5.65 Å². The van der Waals surface area contributed by atoms with Crippen LogP contribution in [0, 0.1) is 5.92 Å². The lowest BCUT2D eigenvalue weighted by Crippen LogP contribution is -2.30. The average Bonchev–Trinajstić information content (AvgIpc) is 3.04. The smallest absolute Gasteiger partial charge is 0.226 e. The maximum Gasteiger partial charge on any atom is 0.226 e. The normalized spacial score (nSPS) is 20.3. The van der Waals surface area contributed by atoms with E-state index in [-0.39, 0.29) is 6.04 Å². The van der Waals surface area contributed by atoms with E-state index in [1.54, 1.807) is 10.9 Å². The Hall–Kier alpha value is -2.74. The number of hydrogen-bond donors (Lipinski definition) is 3. The summed E-state index contributed by atoms with van der Waals surface area (Å²) in [5.41, 5.74) is 8.04. The largest absolute Gasteiger partial charge is 0.369 e. The molecule has 1 saturated carbocycles. The van der Waals surface area contributed by atoms with Crippen LogP contribution in [0.5, 0.6) is 0 Å². The van der Waals surface area contributed by atoms with Gasteiger partial charge in [-0.05, 0) is 24.3 Å². The van der Waals surface area contributed by atoms with E-state index in [0.717, 1.165) is 16.6 Å². The second-order valence-corrected chi connectivity index (χ2v) is 7.11. The highest BCUT2D eigenvalue weighted by atomic mass is 19.1. The Morgan fingerprint density at radius 2 is 2.00 bits per heavy atom. The zero-order valence-electron chi connectivity index (χ0n) is 15.3. The Morgan fingerprint density at radius 1 is 1.22 bits per heavy atom. The molecule has 8 heteroatoms. The Morgan fingerprint density at radius 3 is 2.74 bits per heavy atom. The summed E-state index contributed by atoms with van der Waals surface area (Å²) in [5, 5.41) is 11.7. The van der Waals surface area contributed by atoms with Crippen molar-refractivity contribution >= 4 is 22.8 Å². The quantitative estimate of drug-likeness (QED) is 0.593. The molecule has 0 spiro atoms. The van der Waals surface area contributed by atoms with Gasteiger partial charge in [-0.25, -0.2) is 4.39 Å². The van der Waals surface area contributed by atoms with Gasteiger partial charge in [0.25, 0.3) is 0 Å². The lowest BCUT2D eigenvalue weighted by molar-refractivity contribution is 0.140. The first-order valence-electron chi connectivity index (χ1n) is 9.22. The van der Waals surface area contributed by atoms with E-state index in [4.69, 9.17) is 5.73 Å². The van der Waals surface area contributed by atoms with Crippen LogP contribution in [0.4, 0.5) is 16.2 Å². The number of halogens is 1. The zero-order chi connectivity index (χ0) is 18.8. The van der Waals surface area contributed by atoms with E-state index in [2.05, 4.69) is 25.7 Å². The fraction of sp³-hybridized carbons (Fsp3) is 0.421. The number of nitrogens with zero attached hydrogens (tertiary/aromatic N) is 4. The third kappa shape index (κ3) is 3.85. The molecule has 4 N–H and O–H groups in total. The summed E-state index contributed by atoms with van der Waals surface area (Å²) >= 11 is 0. The second kappa shape index (κ2) is 7.48. The molecule has 4 rings (SSSR count). The molecule has 1 aliphatic rings. The van der Waals surface area contributed by atoms with E-state index in [1.165, 1.54) is 0 Å². The van der Waals surface area contributed by atoms with Crippen molar-refractivity contribution < 1.29 is 4.39 Å². The molecule has 1 aliphatic carbocycles. The van der Waals surface area contributed by atoms with Crippen molar-refractivity contribution in [3.05, 3.63) is 42.1 Å². The van der Waals surface area contributed by atoms with Crippen LogP contribution in [-0.4, -0.2) is 39.0 Å². The molecule has 0 aliphatic heterocycles. The molecule has 2 heterocycles. The number of hydrogen-bond acceptors (Lipinski definition) is 6. The highest BCUT2D eigenvalue weighted by molar-refractivity contribution is 5.87. The molecule has 0 saturated heterocycles. The number of anilines is 2. The number of fused-ring (bicyclic) bond motifs is 1. The van der Waals surface area contributed by atoms with E-state index in [1.807, 2.05) is 37.4 Å². The molecule has 0 radical (unpaired) electrons. The summed E-state index contributed by atoms with van der Waals surface area (Å²) in [6.45, 7) is 1.21. The first-order chi connectivity index (χ1) is 13.1. The second-order valence-electron chi connectivity index (χ2n) is 7.11. The monoisotopic (exact) mass is 369 g/mol. The summed E-state index contributed by atoms with van der Waals surface area (Å²) in [7, 11) is 1.85. The van der Waals surface area contributed by atoms with Crippen LogP contribution in [0.15, 0.2) is 36.5 Å². The first kappa shape index (κ1) is 17.7. The van der Waals surface area contributed by atoms with Crippen LogP contribution in [0.1, 0.15) is 24.4 Å². The number of rotatable bonds is 7. The topological polar surface area (TPSA) is 93.7 Å². The number of nitrogens with one attached hydrogen (secondary N) is 2. The van der Waals surface area contributed by atoms with Crippen molar-refractivity contribution in [3.8, 4) is 0 Å². The maximum absolute atomic E-state index is 13.0. The number of benzene rings is 1. The van der Waals surface area contributed by atoms with Crippen LogP contribution in [0.25, 0.3) is 11.0 Å². The Labute approximate surface area is 157 Å². The minimum atomic E-state index is -0.655. The van der Waals surface area contributed by atoms with Crippen LogP contribution in [-0.2, 0) is 7.05 Å². The Kier molecular flexibility index (Phi) is 4.89. The van der Waals surface area contributed by atoms with E-state index >= 15 is 0 Å². The zero-order valence-corrected chi connectivity index (χ0v) is 15.3. The predicted molar refractivity (Wildman–Crippen MR) is 104 cm³/mol. The molecule has 1 fully saturated rings. The molecule has 2 aromatic heterocycles. The van der Waals surface area contributed by atoms with Crippen LogP contribution < -0.4 is 16.4 Å². The van der Waals surface area contributed by atoms with Crippen LogP contribution in [0.2, 0.25) is 0 Å². The van der Waals surface area contributed by atoms with Crippen LogP contribution in [0.3, 0.4) is 0 Å². The summed E-state index contributed by atoms with van der Waals surface area (Å²) in [4.78, 5) is 9.15. The highest BCUT2D eigenvalue weighted by Crippen LogP contribution is 2.31. The van der Waals surface area contributed by atoms with Crippen molar-refractivity contribution in [1.29, 1.82) is 0 Å². The maximum atomic E-state index is 13.0. The lowest BCUT2D eigenvalue weighted by Gasteiger charge is -2.29. The lowest BCUT2D eigenvalue weighted by atomic mass is 9.83. The van der Waals surface area contributed by atoms with Gasteiger partial charge in [0.1, 0.15) is 12.0 Å². The van der Waals surface area contributed by atoms with Crippen molar-refractivity contribution in [2.75, 3.05) is 23.7 Å². The molecule has 1 aromatic carbocycles.